The van der Waals surface area contributed by atoms with Gasteiger partial charge in [0, 0.05) is 0 Å². The average molecular weight is 264 g/mol. The van der Waals surface area contributed by atoms with Crippen LogP contribution in [0, 0.1) is 25.1 Å². The molecule has 1 aromatic carbocycles. The van der Waals surface area contributed by atoms with Crippen LogP contribution in [0.5, 0.6) is 0 Å². The molecule has 1 rings (SSSR count). The summed E-state index contributed by atoms with van der Waals surface area (Å²) in [5.74, 6) is 0.373. The number of urea groups is 1. The second-order valence-electron chi connectivity index (χ2n) is 3.87. The zero-order valence-electron chi connectivity index (χ0n) is 10.3. The second-order valence-corrected chi connectivity index (χ2v) is 3.87. The highest BCUT2D eigenvalue weighted by Gasteiger charge is 2.17. The fraction of sp³-hybridized carbons (Fsp3) is 0.231. The molecule has 0 radical (unpaired) electrons. The van der Waals surface area contributed by atoms with Crippen molar-refractivity contribution < 1.29 is 19.1 Å². The average Bonchev–Trinajstić information content (AvgIpc) is 2.32. The van der Waals surface area contributed by atoms with E-state index in [0.29, 0.717) is 0 Å². The molecule has 0 aliphatic heterocycles. The SMILES string of the molecule is C#CCN(CC(=O)O)C(=O)Nc1cc(C)ccc1F. The van der Waals surface area contributed by atoms with Crippen LogP contribution in [0.4, 0.5) is 14.9 Å². The maximum Gasteiger partial charge on any atom is 0.323 e. The molecule has 0 unspecified atom stereocenters. The van der Waals surface area contributed by atoms with E-state index in [2.05, 4.69) is 11.2 Å². The largest absolute Gasteiger partial charge is 0.480 e. The van der Waals surface area contributed by atoms with Crippen LogP contribution < -0.4 is 5.32 Å². The van der Waals surface area contributed by atoms with Gasteiger partial charge in [-0.25, -0.2) is 9.18 Å². The molecule has 0 bridgehead atoms. The third-order valence-corrected chi connectivity index (χ3v) is 2.26. The molecule has 0 aliphatic carbocycles. The van der Waals surface area contributed by atoms with Crippen molar-refractivity contribution in [2.75, 3.05) is 18.4 Å². The molecule has 0 saturated carbocycles. The van der Waals surface area contributed by atoms with Crippen LogP contribution in [0.3, 0.4) is 0 Å². The number of nitrogens with one attached hydrogen (secondary N) is 1. The molecule has 0 aromatic heterocycles. The molecule has 100 valence electrons. The summed E-state index contributed by atoms with van der Waals surface area (Å²) < 4.78 is 13.5. The Hall–Kier alpha value is -2.55. The van der Waals surface area contributed by atoms with Gasteiger partial charge in [-0.1, -0.05) is 12.0 Å². The number of rotatable bonds is 4. The van der Waals surface area contributed by atoms with Crippen LogP contribution in [0.1, 0.15) is 5.56 Å². The number of aryl methyl sites for hydroxylation is 1. The first-order valence-corrected chi connectivity index (χ1v) is 5.41. The van der Waals surface area contributed by atoms with Crippen molar-refractivity contribution >= 4 is 17.7 Å². The summed E-state index contributed by atoms with van der Waals surface area (Å²) in [5.41, 5.74) is 0.746. The van der Waals surface area contributed by atoms with Gasteiger partial charge in [0.1, 0.15) is 12.4 Å². The van der Waals surface area contributed by atoms with Crippen LogP contribution in [0.15, 0.2) is 18.2 Å². The van der Waals surface area contributed by atoms with Crippen molar-refractivity contribution in [1.29, 1.82) is 0 Å². The van der Waals surface area contributed by atoms with Gasteiger partial charge in [0.05, 0.1) is 12.2 Å². The van der Waals surface area contributed by atoms with Gasteiger partial charge in [-0.3, -0.25) is 4.79 Å². The topological polar surface area (TPSA) is 69.6 Å². The van der Waals surface area contributed by atoms with Crippen molar-refractivity contribution in [2.24, 2.45) is 0 Å². The quantitative estimate of drug-likeness (QED) is 0.813. The predicted octanol–water partition coefficient (Wildman–Crippen LogP) is 1.69. The maximum atomic E-state index is 13.5. The normalized spacial score (nSPS) is 9.53. The first kappa shape index (κ1) is 14.5. The number of hydrogen-bond acceptors (Lipinski definition) is 2. The van der Waals surface area contributed by atoms with E-state index in [0.717, 1.165) is 10.5 Å². The standard InChI is InChI=1S/C13H13FN2O3/c1-3-6-16(8-12(17)18)13(19)15-11-7-9(2)4-5-10(11)14/h1,4-5,7H,6,8H2,2H3,(H,15,19)(H,17,18). The van der Waals surface area contributed by atoms with Gasteiger partial charge < -0.3 is 15.3 Å². The van der Waals surface area contributed by atoms with E-state index < -0.39 is 24.4 Å². The fourth-order valence-electron chi connectivity index (χ4n) is 1.40. The van der Waals surface area contributed by atoms with E-state index in [1.54, 1.807) is 13.0 Å². The highest BCUT2D eigenvalue weighted by Crippen LogP contribution is 2.16. The number of hydrogen-bond donors (Lipinski definition) is 2. The number of nitrogens with zero attached hydrogens (tertiary/aromatic N) is 1. The van der Waals surface area contributed by atoms with E-state index in [1.165, 1.54) is 12.1 Å². The molecule has 0 fully saturated rings. The zero-order chi connectivity index (χ0) is 14.4. The molecule has 19 heavy (non-hydrogen) atoms. The van der Waals surface area contributed by atoms with Crippen molar-refractivity contribution in [3.05, 3.63) is 29.6 Å². The minimum Gasteiger partial charge on any atom is -0.480 e. The van der Waals surface area contributed by atoms with Crippen LogP contribution >= 0.6 is 0 Å². The zero-order valence-corrected chi connectivity index (χ0v) is 10.3. The predicted molar refractivity (Wildman–Crippen MR) is 68.2 cm³/mol. The first-order valence-electron chi connectivity index (χ1n) is 5.41. The summed E-state index contributed by atoms with van der Waals surface area (Å²) in [6.45, 7) is 1.01. The Morgan fingerprint density at radius 3 is 2.79 bits per heavy atom. The number of carboxylic acids is 1. The lowest BCUT2D eigenvalue weighted by atomic mass is 10.2. The highest BCUT2D eigenvalue weighted by molar-refractivity contribution is 5.91. The minimum atomic E-state index is -1.20. The van der Waals surface area contributed by atoms with Crippen LogP contribution in [-0.2, 0) is 4.79 Å². The number of anilines is 1. The molecule has 1 aromatic rings. The van der Waals surface area contributed by atoms with E-state index in [-0.39, 0.29) is 12.2 Å². The molecule has 2 N–H and O–H groups in total. The van der Waals surface area contributed by atoms with Crippen LogP contribution in [-0.4, -0.2) is 35.1 Å². The number of carboxylic acid groups (broad SMARTS) is 1. The monoisotopic (exact) mass is 264 g/mol. The lowest BCUT2D eigenvalue weighted by molar-refractivity contribution is -0.137. The summed E-state index contributed by atoms with van der Waals surface area (Å²) in [4.78, 5) is 23.3. The number of amides is 2. The Labute approximate surface area is 110 Å². The van der Waals surface area contributed by atoms with Gasteiger partial charge in [-0.05, 0) is 24.6 Å². The minimum absolute atomic E-state index is 0.0163. The summed E-state index contributed by atoms with van der Waals surface area (Å²) in [5, 5.41) is 11.0. The Kier molecular flexibility index (Phi) is 4.89. The van der Waals surface area contributed by atoms with E-state index in [9.17, 15) is 14.0 Å². The Balaban J connectivity index is 2.84. The third-order valence-electron chi connectivity index (χ3n) is 2.26. The third kappa shape index (κ3) is 4.32. The number of carbonyl (C=O) groups is 2. The van der Waals surface area contributed by atoms with Gasteiger partial charge in [0.2, 0.25) is 0 Å². The highest BCUT2D eigenvalue weighted by atomic mass is 19.1. The molecular formula is C13H13FN2O3. The summed E-state index contributed by atoms with van der Waals surface area (Å²) in [6.07, 6.45) is 5.05. The van der Waals surface area contributed by atoms with E-state index in [1.807, 2.05) is 0 Å². The van der Waals surface area contributed by atoms with Crippen molar-refractivity contribution in [1.82, 2.24) is 4.90 Å². The molecule has 2 amide bonds. The first-order chi connectivity index (χ1) is 8.93. The van der Waals surface area contributed by atoms with E-state index >= 15 is 0 Å². The van der Waals surface area contributed by atoms with Crippen molar-refractivity contribution in [3.63, 3.8) is 0 Å². The summed E-state index contributed by atoms with van der Waals surface area (Å²) in [7, 11) is 0. The van der Waals surface area contributed by atoms with Crippen molar-refractivity contribution in [2.45, 2.75) is 6.92 Å². The second kappa shape index (κ2) is 6.40. The maximum absolute atomic E-state index is 13.5. The fourth-order valence-corrected chi connectivity index (χ4v) is 1.40. The molecule has 0 spiro atoms. The Bertz CT molecular complexity index is 537. The molecule has 0 atom stereocenters. The molecule has 5 nitrogen and oxygen atoms in total. The summed E-state index contributed by atoms with van der Waals surface area (Å²) in [6, 6.07) is 3.46. The Morgan fingerprint density at radius 2 is 2.21 bits per heavy atom. The van der Waals surface area contributed by atoms with Crippen LogP contribution in [0.25, 0.3) is 0 Å². The van der Waals surface area contributed by atoms with Gasteiger partial charge in [0.15, 0.2) is 0 Å². The van der Waals surface area contributed by atoms with Crippen molar-refractivity contribution in [3.8, 4) is 12.3 Å². The number of aliphatic carboxylic acids is 1. The smallest absolute Gasteiger partial charge is 0.323 e. The molecule has 0 aliphatic rings. The molecule has 6 heteroatoms. The lowest BCUT2D eigenvalue weighted by Crippen LogP contribution is -2.39. The van der Waals surface area contributed by atoms with Gasteiger partial charge in [0.25, 0.3) is 0 Å². The van der Waals surface area contributed by atoms with Gasteiger partial charge in [-0.2, -0.15) is 0 Å². The van der Waals surface area contributed by atoms with Gasteiger partial charge in [-0.15, -0.1) is 6.42 Å². The van der Waals surface area contributed by atoms with E-state index in [4.69, 9.17) is 11.5 Å². The summed E-state index contributed by atoms with van der Waals surface area (Å²) >= 11 is 0. The number of carbonyl (C=O) groups excluding carboxylic acids is 1. The Morgan fingerprint density at radius 1 is 1.53 bits per heavy atom. The number of terminal acetylenes is 1. The lowest BCUT2D eigenvalue weighted by Gasteiger charge is -2.18. The molecule has 0 saturated heterocycles. The van der Waals surface area contributed by atoms with Crippen LogP contribution in [0.2, 0.25) is 0 Å². The molecular weight excluding hydrogens is 251 g/mol. The number of benzene rings is 1. The number of halogens is 1. The molecule has 0 heterocycles. The van der Waals surface area contributed by atoms with Gasteiger partial charge >= 0.3 is 12.0 Å².